The molecular formula is C19H16BrN7O2. The van der Waals surface area contributed by atoms with Gasteiger partial charge in [-0.05, 0) is 37.3 Å². The average molecular weight is 454 g/mol. The van der Waals surface area contributed by atoms with E-state index in [1.807, 2.05) is 25.1 Å². The summed E-state index contributed by atoms with van der Waals surface area (Å²) in [5.74, 6) is 1.64. The second kappa shape index (κ2) is 6.66. The topological polar surface area (TPSA) is 99.2 Å². The van der Waals surface area contributed by atoms with Gasteiger partial charge in [0, 0.05) is 27.9 Å². The Kier molecular flexibility index (Phi) is 4.09. The van der Waals surface area contributed by atoms with E-state index in [4.69, 9.17) is 4.74 Å². The Bertz CT molecular complexity index is 1260. The summed E-state index contributed by atoms with van der Waals surface area (Å²) >= 11 is 3.53. The fraction of sp³-hybridized carbons (Fsp3) is 0.211. The molecule has 0 saturated heterocycles. The highest BCUT2D eigenvalue weighted by Crippen LogP contribution is 2.43. The Balaban J connectivity index is 1.70. The molecule has 0 aliphatic carbocycles. The molecule has 0 spiro atoms. The third-order valence-corrected chi connectivity index (χ3v) is 5.53. The second-order valence-corrected chi connectivity index (χ2v) is 7.69. The predicted octanol–water partition coefficient (Wildman–Crippen LogP) is 2.86. The number of fused-ring (bicyclic) bond motifs is 2. The molecule has 3 aromatic heterocycles. The normalized spacial score (nSPS) is 16.0. The van der Waals surface area contributed by atoms with Crippen LogP contribution in [0.4, 0.5) is 5.82 Å². The van der Waals surface area contributed by atoms with Gasteiger partial charge in [0.15, 0.2) is 11.5 Å². The molecule has 10 heteroatoms. The van der Waals surface area contributed by atoms with Crippen LogP contribution in [0.25, 0.3) is 11.5 Å². The van der Waals surface area contributed by atoms with Crippen LogP contribution in [0.3, 0.4) is 0 Å². The van der Waals surface area contributed by atoms with Crippen molar-refractivity contribution in [2.24, 2.45) is 0 Å². The van der Waals surface area contributed by atoms with E-state index in [1.54, 1.807) is 28.4 Å². The van der Waals surface area contributed by atoms with E-state index in [1.165, 1.54) is 6.33 Å². The van der Waals surface area contributed by atoms with Crippen LogP contribution < -0.4 is 10.1 Å². The van der Waals surface area contributed by atoms with Gasteiger partial charge < -0.3 is 10.1 Å². The van der Waals surface area contributed by atoms with Gasteiger partial charge in [-0.3, -0.25) is 4.79 Å². The van der Waals surface area contributed by atoms with Gasteiger partial charge in [0.05, 0.1) is 12.8 Å². The van der Waals surface area contributed by atoms with Crippen LogP contribution in [0.15, 0.2) is 41.1 Å². The average Bonchev–Trinajstić information content (AvgIpc) is 3.31. The quantitative estimate of drug-likeness (QED) is 0.511. The Morgan fingerprint density at radius 1 is 1.24 bits per heavy atom. The summed E-state index contributed by atoms with van der Waals surface area (Å²) in [6.07, 6.45) is 1.83. The van der Waals surface area contributed by atoms with E-state index in [2.05, 4.69) is 41.6 Å². The Morgan fingerprint density at radius 3 is 2.93 bits per heavy atom. The van der Waals surface area contributed by atoms with Crippen LogP contribution in [0.5, 0.6) is 5.75 Å². The summed E-state index contributed by atoms with van der Waals surface area (Å²) in [6.45, 7) is 1.93. The number of amides is 1. The minimum absolute atomic E-state index is 0.0870. The zero-order valence-corrected chi connectivity index (χ0v) is 17.2. The number of hydrogen-bond acceptors (Lipinski definition) is 6. The van der Waals surface area contributed by atoms with Crippen molar-refractivity contribution in [2.45, 2.75) is 19.3 Å². The number of aryl methyl sites for hydroxylation is 1. The SMILES string of the molecule is COc1ccc(Br)cc1[C@@H]1CC(=O)Nc2c1c(C)nn2-c1ccc2nncn2n1. The van der Waals surface area contributed by atoms with Gasteiger partial charge in [-0.2, -0.15) is 14.3 Å². The van der Waals surface area contributed by atoms with E-state index >= 15 is 0 Å². The monoisotopic (exact) mass is 453 g/mol. The van der Waals surface area contributed by atoms with E-state index in [0.717, 1.165) is 27.0 Å². The van der Waals surface area contributed by atoms with Crippen molar-refractivity contribution in [3.05, 3.63) is 58.0 Å². The Labute approximate surface area is 173 Å². The smallest absolute Gasteiger partial charge is 0.226 e. The lowest BCUT2D eigenvalue weighted by Crippen LogP contribution is -2.25. The predicted molar refractivity (Wildman–Crippen MR) is 108 cm³/mol. The first-order valence-corrected chi connectivity index (χ1v) is 9.74. The number of rotatable bonds is 3. The molecule has 0 saturated carbocycles. The molecule has 1 atom stereocenters. The van der Waals surface area contributed by atoms with Crippen molar-refractivity contribution >= 4 is 33.3 Å². The highest BCUT2D eigenvalue weighted by atomic mass is 79.9. The molecule has 0 unspecified atom stereocenters. The third-order valence-electron chi connectivity index (χ3n) is 5.03. The molecule has 29 heavy (non-hydrogen) atoms. The molecule has 1 aromatic carbocycles. The first-order valence-electron chi connectivity index (χ1n) is 8.95. The van der Waals surface area contributed by atoms with Crippen molar-refractivity contribution in [2.75, 3.05) is 12.4 Å². The lowest BCUT2D eigenvalue weighted by atomic mass is 9.85. The first-order chi connectivity index (χ1) is 14.0. The fourth-order valence-electron chi connectivity index (χ4n) is 3.79. The number of benzene rings is 1. The summed E-state index contributed by atoms with van der Waals surface area (Å²) in [5.41, 5.74) is 3.33. The van der Waals surface area contributed by atoms with Crippen LogP contribution in [0.1, 0.15) is 29.2 Å². The minimum Gasteiger partial charge on any atom is -0.496 e. The number of carbonyl (C=O) groups is 1. The maximum absolute atomic E-state index is 12.6. The number of carbonyl (C=O) groups excluding carboxylic acids is 1. The number of aromatic nitrogens is 6. The Hall–Kier alpha value is -3.27. The molecule has 4 heterocycles. The van der Waals surface area contributed by atoms with Crippen molar-refractivity contribution in [3.8, 4) is 11.6 Å². The van der Waals surface area contributed by atoms with Crippen LogP contribution in [-0.4, -0.2) is 42.6 Å². The van der Waals surface area contributed by atoms with E-state index in [-0.39, 0.29) is 11.8 Å². The molecule has 1 aliphatic heterocycles. The number of nitrogens with zero attached hydrogens (tertiary/aromatic N) is 6. The van der Waals surface area contributed by atoms with Crippen molar-refractivity contribution in [1.29, 1.82) is 0 Å². The fourth-order valence-corrected chi connectivity index (χ4v) is 4.17. The molecule has 5 rings (SSSR count). The van der Waals surface area contributed by atoms with Gasteiger partial charge in [0.2, 0.25) is 5.91 Å². The Morgan fingerprint density at radius 2 is 2.10 bits per heavy atom. The maximum atomic E-state index is 12.6. The first kappa shape index (κ1) is 17.8. The molecule has 146 valence electrons. The number of nitrogens with one attached hydrogen (secondary N) is 1. The van der Waals surface area contributed by atoms with Gasteiger partial charge in [-0.15, -0.1) is 15.3 Å². The minimum atomic E-state index is -0.182. The largest absolute Gasteiger partial charge is 0.496 e. The standard InChI is InChI=1S/C19H16BrN7O2/c1-10-18-13(12-7-11(20)3-4-14(12)29-2)8-17(28)22-19(18)27(24-10)16-6-5-15-23-21-9-26(15)25-16/h3-7,9,13H,8H2,1-2H3,(H,22,28)/t13-/m0/s1. The molecule has 1 aliphatic rings. The molecule has 1 amide bonds. The summed E-state index contributed by atoms with van der Waals surface area (Å²) in [4.78, 5) is 12.6. The summed E-state index contributed by atoms with van der Waals surface area (Å²) in [6, 6.07) is 9.40. The van der Waals surface area contributed by atoms with Crippen LogP contribution in [0.2, 0.25) is 0 Å². The highest BCUT2D eigenvalue weighted by molar-refractivity contribution is 9.10. The molecule has 9 nitrogen and oxygen atoms in total. The molecule has 0 fully saturated rings. The second-order valence-electron chi connectivity index (χ2n) is 6.78. The summed E-state index contributed by atoms with van der Waals surface area (Å²) in [7, 11) is 1.63. The van der Waals surface area contributed by atoms with E-state index in [9.17, 15) is 4.79 Å². The van der Waals surface area contributed by atoms with Gasteiger partial charge in [-0.25, -0.2) is 0 Å². The van der Waals surface area contributed by atoms with Crippen LogP contribution >= 0.6 is 15.9 Å². The lowest BCUT2D eigenvalue weighted by Gasteiger charge is -2.25. The van der Waals surface area contributed by atoms with Gasteiger partial charge in [0.25, 0.3) is 0 Å². The van der Waals surface area contributed by atoms with E-state index in [0.29, 0.717) is 23.7 Å². The van der Waals surface area contributed by atoms with Gasteiger partial charge in [0.1, 0.15) is 17.9 Å². The van der Waals surface area contributed by atoms with Crippen molar-refractivity contribution in [1.82, 2.24) is 29.6 Å². The van der Waals surface area contributed by atoms with Gasteiger partial charge in [-0.1, -0.05) is 15.9 Å². The maximum Gasteiger partial charge on any atom is 0.226 e. The number of halogens is 1. The number of anilines is 1. The van der Waals surface area contributed by atoms with Crippen molar-refractivity contribution < 1.29 is 9.53 Å². The molecule has 1 N–H and O–H groups in total. The third kappa shape index (κ3) is 2.87. The zero-order chi connectivity index (χ0) is 20.1. The van der Waals surface area contributed by atoms with Crippen molar-refractivity contribution in [3.63, 3.8) is 0 Å². The summed E-state index contributed by atoms with van der Waals surface area (Å²) < 4.78 is 9.71. The molecule has 0 radical (unpaired) electrons. The summed E-state index contributed by atoms with van der Waals surface area (Å²) in [5, 5.41) is 20.0. The lowest BCUT2D eigenvalue weighted by molar-refractivity contribution is -0.116. The van der Waals surface area contributed by atoms with E-state index < -0.39 is 0 Å². The van der Waals surface area contributed by atoms with Crippen LogP contribution in [-0.2, 0) is 4.79 Å². The molecule has 4 aromatic rings. The number of methoxy groups -OCH3 is 1. The highest BCUT2D eigenvalue weighted by Gasteiger charge is 2.34. The molecular weight excluding hydrogens is 438 g/mol. The van der Waals surface area contributed by atoms with Crippen LogP contribution in [0, 0.1) is 6.92 Å². The molecule has 0 bridgehead atoms. The zero-order valence-electron chi connectivity index (χ0n) is 15.6. The number of hydrogen-bond donors (Lipinski definition) is 1. The number of ether oxygens (including phenoxy) is 1. The van der Waals surface area contributed by atoms with Gasteiger partial charge >= 0.3 is 0 Å².